The Labute approximate surface area is 119 Å². The van der Waals surface area contributed by atoms with Gasteiger partial charge in [0, 0.05) is 6.54 Å². The van der Waals surface area contributed by atoms with Gasteiger partial charge in [0.1, 0.15) is 6.04 Å². The summed E-state index contributed by atoms with van der Waals surface area (Å²) < 4.78 is 10.4. The summed E-state index contributed by atoms with van der Waals surface area (Å²) in [5, 5.41) is 12.7. The van der Waals surface area contributed by atoms with Crippen LogP contribution in [0.5, 0.6) is 11.5 Å². The number of ether oxygens (including phenoxy) is 2. The molecule has 5 heteroatoms. The molecule has 5 nitrogen and oxygen atoms in total. The van der Waals surface area contributed by atoms with E-state index in [0.717, 1.165) is 0 Å². The van der Waals surface area contributed by atoms with Crippen molar-refractivity contribution in [3.63, 3.8) is 0 Å². The molecule has 0 aliphatic carbocycles. The molecule has 1 atom stereocenters. The number of carbonyl (C=O) groups is 1. The average Bonchev–Trinajstić information content (AvgIpc) is 2.43. The van der Waals surface area contributed by atoms with Crippen LogP contribution < -0.4 is 10.1 Å². The fourth-order valence-corrected chi connectivity index (χ4v) is 1.75. The van der Waals surface area contributed by atoms with Crippen LogP contribution in [-0.2, 0) is 9.53 Å². The van der Waals surface area contributed by atoms with Crippen LogP contribution in [0.2, 0.25) is 0 Å². The third kappa shape index (κ3) is 4.28. The predicted octanol–water partition coefficient (Wildman–Crippen LogP) is 2.17. The molecule has 1 unspecified atom stereocenters. The van der Waals surface area contributed by atoms with Crippen molar-refractivity contribution in [2.24, 2.45) is 0 Å². The molecule has 1 aromatic carbocycles. The van der Waals surface area contributed by atoms with Crippen molar-refractivity contribution in [3.8, 4) is 11.5 Å². The normalized spacial score (nSPS) is 11.7. The second-order valence-electron chi connectivity index (χ2n) is 4.04. The third-order valence-corrected chi connectivity index (χ3v) is 2.61. The summed E-state index contributed by atoms with van der Waals surface area (Å²) in [7, 11) is 0. The van der Waals surface area contributed by atoms with E-state index in [1.54, 1.807) is 25.1 Å². The molecule has 0 amide bonds. The molecule has 0 radical (unpaired) electrons. The van der Waals surface area contributed by atoms with Gasteiger partial charge in [-0.15, -0.1) is 6.58 Å². The lowest BCUT2D eigenvalue weighted by Crippen LogP contribution is -2.30. The van der Waals surface area contributed by atoms with Gasteiger partial charge in [-0.3, -0.25) is 5.32 Å². The summed E-state index contributed by atoms with van der Waals surface area (Å²) in [4.78, 5) is 12.0. The van der Waals surface area contributed by atoms with Crippen molar-refractivity contribution in [2.75, 3.05) is 19.8 Å². The molecule has 0 aliphatic heterocycles. The van der Waals surface area contributed by atoms with Crippen molar-refractivity contribution in [1.29, 1.82) is 0 Å². The van der Waals surface area contributed by atoms with Crippen LogP contribution in [0.25, 0.3) is 0 Å². The number of benzene rings is 1. The Hall–Kier alpha value is -2.01. The summed E-state index contributed by atoms with van der Waals surface area (Å²) in [6.07, 6.45) is 1.66. The first-order valence-corrected chi connectivity index (χ1v) is 6.60. The molecule has 0 saturated heterocycles. The van der Waals surface area contributed by atoms with Crippen molar-refractivity contribution < 1.29 is 19.4 Å². The standard InChI is InChI=1S/C15H21NO4/c1-4-9-16-14(15(18)20-6-3)11-7-8-12(17)13(10-11)19-5-2/h4,7-8,10,14,16-17H,1,5-6,9H2,2-3H3. The topological polar surface area (TPSA) is 67.8 Å². The molecule has 0 spiro atoms. The van der Waals surface area contributed by atoms with Gasteiger partial charge in [0.05, 0.1) is 13.2 Å². The van der Waals surface area contributed by atoms with Gasteiger partial charge in [-0.25, -0.2) is 4.79 Å². The van der Waals surface area contributed by atoms with Crippen LogP contribution >= 0.6 is 0 Å². The first-order valence-electron chi connectivity index (χ1n) is 6.60. The Morgan fingerprint density at radius 2 is 2.20 bits per heavy atom. The lowest BCUT2D eigenvalue weighted by Gasteiger charge is -2.18. The summed E-state index contributed by atoms with van der Waals surface area (Å²) in [5.41, 5.74) is 0.673. The van der Waals surface area contributed by atoms with Gasteiger partial charge in [-0.2, -0.15) is 0 Å². The maximum Gasteiger partial charge on any atom is 0.327 e. The van der Waals surface area contributed by atoms with Gasteiger partial charge in [0.15, 0.2) is 11.5 Å². The summed E-state index contributed by atoms with van der Waals surface area (Å²) in [6, 6.07) is 4.18. The van der Waals surface area contributed by atoms with Crippen molar-refractivity contribution in [2.45, 2.75) is 19.9 Å². The van der Waals surface area contributed by atoms with E-state index < -0.39 is 6.04 Å². The fourth-order valence-electron chi connectivity index (χ4n) is 1.75. The number of phenols is 1. The molecule has 20 heavy (non-hydrogen) atoms. The Balaban J connectivity index is 3.02. The number of aromatic hydroxyl groups is 1. The average molecular weight is 279 g/mol. The van der Waals surface area contributed by atoms with Gasteiger partial charge < -0.3 is 14.6 Å². The Bertz CT molecular complexity index is 459. The number of rotatable bonds is 8. The summed E-state index contributed by atoms with van der Waals surface area (Å²) in [5.74, 6) is 0.0177. The van der Waals surface area contributed by atoms with Crippen LogP contribution in [-0.4, -0.2) is 30.8 Å². The molecule has 0 aliphatic rings. The number of nitrogens with one attached hydrogen (secondary N) is 1. The van der Waals surface area contributed by atoms with Crippen molar-refractivity contribution >= 4 is 5.97 Å². The monoisotopic (exact) mass is 279 g/mol. The molecule has 1 rings (SSSR count). The van der Waals surface area contributed by atoms with E-state index in [2.05, 4.69) is 11.9 Å². The van der Waals surface area contributed by atoms with E-state index in [-0.39, 0.29) is 11.7 Å². The second-order valence-corrected chi connectivity index (χ2v) is 4.04. The lowest BCUT2D eigenvalue weighted by molar-refractivity contribution is -0.145. The van der Waals surface area contributed by atoms with E-state index in [4.69, 9.17) is 9.47 Å². The van der Waals surface area contributed by atoms with E-state index in [0.29, 0.717) is 31.1 Å². The van der Waals surface area contributed by atoms with Crippen LogP contribution in [0.1, 0.15) is 25.5 Å². The summed E-state index contributed by atoms with van der Waals surface area (Å²) in [6.45, 7) is 8.40. The number of hydrogen-bond acceptors (Lipinski definition) is 5. The number of esters is 1. The predicted molar refractivity (Wildman–Crippen MR) is 76.8 cm³/mol. The van der Waals surface area contributed by atoms with Gasteiger partial charge in [0.25, 0.3) is 0 Å². The molecule has 0 aromatic heterocycles. The molecule has 110 valence electrons. The highest BCUT2D eigenvalue weighted by Gasteiger charge is 2.22. The van der Waals surface area contributed by atoms with E-state index in [1.165, 1.54) is 6.07 Å². The minimum absolute atomic E-state index is 0.0435. The van der Waals surface area contributed by atoms with E-state index in [1.807, 2.05) is 6.92 Å². The van der Waals surface area contributed by atoms with Gasteiger partial charge in [-0.1, -0.05) is 12.1 Å². The Kier molecular flexibility index (Phi) is 6.59. The maximum atomic E-state index is 12.0. The highest BCUT2D eigenvalue weighted by atomic mass is 16.5. The highest BCUT2D eigenvalue weighted by molar-refractivity contribution is 5.78. The molecule has 2 N–H and O–H groups in total. The maximum absolute atomic E-state index is 12.0. The minimum atomic E-state index is -0.618. The number of phenolic OH excluding ortho intramolecular Hbond substituents is 1. The fraction of sp³-hybridized carbons (Fsp3) is 0.400. The molecular formula is C15H21NO4. The molecule has 0 saturated carbocycles. The van der Waals surface area contributed by atoms with Gasteiger partial charge in [-0.05, 0) is 31.5 Å². The SMILES string of the molecule is C=CCNC(C(=O)OCC)c1ccc(O)c(OCC)c1. The van der Waals surface area contributed by atoms with Gasteiger partial charge in [0.2, 0.25) is 0 Å². The first kappa shape index (κ1) is 16.0. The molecule has 0 bridgehead atoms. The van der Waals surface area contributed by atoms with E-state index in [9.17, 15) is 9.90 Å². The van der Waals surface area contributed by atoms with Crippen LogP contribution in [0.3, 0.4) is 0 Å². The highest BCUT2D eigenvalue weighted by Crippen LogP contribution is 2.29. The quantitative estimate of drug-likeness (QED) is 0.564. The Morgan fingerprint density at radius 1 is 1.45 bits per heavy atom. The van der Waals surface area contributed by atoms with E-state index >= 15 is 0 Å². The number of hydrogen-bond donors (Lipinski definition) is 2. The zero-order valence-corrected chi connectivity index (χ0v) is 11.9. The number of carbonyl (C=O) groups excluding carboxylic acids is 1. The Morgan fingerprint density at radius 3 is 2.80 bits per heavy atom. The zero-order valence-electron chi connectivity index (χ0n) is 11.9. The molecular weight excluding hydrogens is 258 g/mol. The second kappa shape index (κ2) is 8.22. The lowest BCUT2D eigenvalue weighted by atomic mass is 10.1. The first-order chi connectivity index (χ1) is 9.63. The molecule has 0 heterocycles. The van der Waals surface area contributed by atoms with Crippen molar-refractivity contribution in [3.05, 3.63) is 36.4 Å². The van der Waals surface area contributed by atoms with Crippen LogP contribution in [0, 0.1) is 0 Å². The summed E-state index contributed by atoms with van der Waals surface area (Å²) >= 11 is 0. The van der Waals surface area contributed by atoms with Crippen molar-refractivity contribution in [1.82, 2.24) is 5.32 Å². The molecule has 1 aromatic rings. The largest absolute Gasteiger partial charge is 0.504 e. The van der Waals surface area contributed by atoms with Crippen LogP contribution in [0.15, 0.2) is 30.9 Å². The smallest absolute Gasteiger partial charge is 0.327 e. The third-order valence-electron chi connectivity index (χ3n) is 2.61. The minimum Gasteiger partial charge on any atom is -0.504 e. The molecule has 0 fully saturated rings. The van der Waals surface area contributed by atoms with Crippen LogP contribution in [0.4, 0.5) is 0 Å². The zero-order chi connectivity index (χ0) is 15.0. The van der Waals surface area contributed by atoms with Gasteiger partial charge >= 0.3 is 5.97 Å².